The molecule has 0 fully saturated rings. The van der Waals surface area contributed by atoms with E-state index in [0.29, 0.717) is 35.8 Å². The number of carbonyl (C=O) groups excluding carboxylic acids is 1. The number of halogens is 3. The second-order valence-electron chi connectivity index (χ2n) is 8.04. The minimum absolute atomic E-state index is 0.0477. The Morgan fingerprint density at radius 2 is 1.86 bits per heavy atom. The Morgan fingerprint density at radius 3 is 2.47 bits per heavy atom. The Bertz CT molecular complexity index is 1060. The van der Waals surface area contributed by atoms with Gasteiger partial charge in [-0.1, -0.05) is 18.2 Å². The third-order valence-electron chi connectivity index (χ3n) is 5.43. The maximum absolute atomic E-state index is 13.2. The van der Waals surface area contributed by atoms with Crippen LogP contribution in [0.3, 0.4) is 0 Å². The fourth-order valence-corrected chi connectivity index (χ4v) is 3.55. The predicted octanol–water partition coefficient (Wildman–Crippen LogP) is 3.65. The Morgan fingerprint density at radius 1 is 1.19 bits per heavy atom. The van der Waals surface area contributed by atoms with Crippen molar-refractivity contribution in [2.24, 2.45) is 4.99 Å². The molecule has 2 aromatic carbocycles. The van der Waals surface area contributed by atoms with Crippen LogP contribution in [0.1, 0.15) is 30.9 Å². The third kappa shape index (κ3) is 6.98. The molecule has 11 heteroatoms. The van der Waals surface area contributed by atoms with Crippen LogP contribution >= 0.6 is 0 Å². The summed E-state index contributed by atoms with van der Waals surface area (Å²) in [4.78, 5) is 17.8. The van der Waals surface area contributed by atoms with Gasteiger partial charge in [-0.3, -0.25) is 10.2 Å². The maximum atomic E-state index is 13.2. The van der Waals surface area contributed by atoms with E-state index in [1.165, 1.54) is 24.3 Å². The van der Waals surface area contributed by atoms with Crippen molar-refractivity contribution in [2.45, 2.75) is 44.3 Å². The van der Waals surface area contributed by atoms with Gasteiger partial charge in [0.05, 0.1) is 6.61 Å². The molecule has 0 aliphatic carbocycles. The number of aliphatic hydroxyl groups excluding tert-OH is 1. The van der Waals surface area contributed by atoms with Crippen molar-refractivity contribution in [3.63, 3.8) is 0 Å². The number of aliphatic imine (C=N–C) groups is 1. The van der Waals surface area contributed by atoms with Crippen molar-refractivity contribution in [1.82, 2.24) is 10.9 Å². The van der Waals surface area contributed by atoms with Crippen LogP contribution in [0.2, 0.25) is 0 Å². The lowest BCUT2D eigenvalue weighted by atomic mass is 9.90. The molecule has 0 spiro atoms. The highest BCUT2D eigenvalue weighted by Crippen LogP contribution is 2.32. The van der Waals surface area contributed by atoms with E-state index in [-0.39, 0.29) is 25.3 Å². The van der Waals surface area contributed by atoms with Crippen LogP contribution in [-0.4, -0.2) is 48.1 Å². The number of benzene rings is 2. The molecule has 2 aromatic rings. The minimum atomic E-state index is -4.76. The van der Waals surface area contributed by atoms with Gasteiger partial charge in [0.1, 0.15) is 17.6 Å². The van der Waals surface area contributed by atoms with E-state index < -0.39 is 23.9 Å². The standard InChI is InChI=1S/C25H28F3N3O5/c1-3-13-24(23(33)31-29-16-18-5-9-21(10-6-18)36-25(26,27)28)17(2)35-22(30-24)19-7-11-20(12-8-19)34-15-4-14-32/h3,5-12,17,29,32H,1,4,13-16H2,2H3,(H,31,33)/t17-,24-/m0/s1. The number of rotatable bonds is 12. The minimum Gasteiger partial charge on any atom is -0.494 e. The molecule has 3 rings (SSSR count). The Hall–Kier alpha value is -3.57. The topological polar surface area (TPSA) is 101 Å². The predicted molar refractivity (Wildman–Crippen MR) is 126 cm³/mol. The summed E-state index contributed by atoms with van der Waals surface area (Å²) in [5.74, 6) is 0.174. The van der Waals surface area contributed by atoms with Crippen molar-refractivity contribution >= 4 is 11.8 Å². The number of amides is 1. The molecule has 36 heavy (non-hydrogen) atoms. The zero-order valence-corrected chi connectivity index (χ0v) is 19.7. The van der Waals surface area contributed by atoms with Crippen LogP contribution < -0.4 is 20.3 Å². The van der Waals surface area contributed by atoms with Crippen molar-refractivity contribution < 1.29 is 37.3 Å². The molecule has 1 aliphatic rings. The molecule has 0 aromatic heterocycles. The number of aliphatic hydroxyl groups is 1. The highest BCUT2D eigenvalue weighted by molar-refractivity contribution is 6.00. The zero-order chi connectivity index (χ0) is 26.2. The number of hydrogen-bond donors (Lipinski definition) is 3. The summed E-state index contributed by atoms with van der Waals surface area (Å²) in [7, 11) is 0. The number of ether oxygens (including phenoxy) is 3. The normalized spacial score (nSPS) is 19.2. The summed E-state index contributed by atoms with van der Waals surface area (Å²) in [6.45, 7) is 6.08. The van der Waals surface area contributed by atoms with Gasteiger partial charge in [-0.15, -0.1) is 19.8 Å². The molecule has 1 amide bonds. The van der Waals surface area contributed by atoms with Crippen molar-refractivity contribution in [3.8, 4) is 11.5 Å². The van der Waals surface area contributed by atoms with Crippen LogP contribution in [0.15, 0.2) is 66.2 Å². The quantitative estimate of drug-likeness (QED) is 0.230. The van der Waals surface area contributed by atoms with Crippen molar-refractivity contribution in [3.05, 3.63) is 72.3 Å². The van der Waals surface area contributed by atoms with Gasteiger partial charge in [0.15, 0.2) is 5.54 Å². The smallest absolute Gasteiger partial charge is 0.494 e. The molecule has 2 atom stereocenters. The van der Waals surface area contributed by atoms with Gasteiger partial charge in [-0.05, 0) is 48.9 Å². The van der Waals surface area contributed by atoms with Crippen molar-refractivity contribution in [2.75, 3.05) is 13.2 Å². The Balaban J connectivity index is 1.64. The lowest BCUT2D eigenvalue weighted by Crippen LogP contribution is -2.54. The molecule has 0 saturated heterocycles. The van der Waals surface area contributed by atoms with Gasteiger partial charge in [0, 0.05) is 31.6 Å². The van der Waals surface area contributed by atoms with Gasteiger partial charge in [-0.2, -0.15) is 0 Å². The SMILES string of the molecule is C=CC[C@]1(C(=O)NNCc2ccc(OC(F)(F)F)cc2)N=C(c2ccc(OCCCO)cc2)O[C@H]1C. The van der Waals surface area contributed by atoms with E-state index in [9.17, 15) is 18.0 Å². The van der Waals surface area contributed by atoms with E-state index in [1.807, 2.05) is 0 Å². The summed E-state index contributed by atoms with van der Waals surface area (Å²) in [6.07, 6.45) is -3.02. The van der Waals surface area contributed by atoms with Gasteiger partial charge in [0.25, 0.3) is 5.91 Å². The highest BCUT2D eigenvalue weighted by Gasteiger charge is 2.49. The molecule has 0 unspecified atom stereocenters. The number of alkyl halides is 3. The molecule has 194 valence electrons. The summed E-state index contributed by atoms with van der Waals surface area (Å²) in [6, 6.07) is 12.3. The van der Waals surface area contributed by atoms with E-state index in [4.69, 9.17) is 14.6 Å². The van der Waals surface area contributed by atoms with Crippen LogP contribution in [0, 0.1) is 0 Å². The summed E-state index contributed by atoms with van der Waals surface area (Å²) >= 11 is 0. The molecule has 0 bridgehead atoms. The lowest BCUT2D eigenvalue weighted by Gasteiger charge is -2.26. The zero-order valence-electron chi connectivity index (χ0n) is 19.7. The molecule has 3 N–H and O–H groups in total. The summed E-state index contributed by atoms with van der Waals surface area (Å²) < 4.78 is 52.2. The number of hydrogen-bond acceptors (Lipinski definition) is 7. The summed E-state index contributed by atoms with van der Waals surface area (Å²) in [5.41, 5.74) is 5.44. The maximum Gasteiger partial charge on any atom is 0.573 e. The van der Waals surface area contributed by atoms with Gasteiger partial charge in [-0.25, -0.2) is 10.4 Å². The lowest BCUT2D eigenvalue weighted by molar-refractivity contribution is -0.274. The number of hydrazine groups is 1. The number of carbonyl (C=O) groups is 1. The monoisotopic (exact) mass is 507 g/mol. The summed E-state index contributed by atoms with van der Waals surface area (Å²) in [5, 5.41) is 8.85. The molecular weight excluding hydrogens is 479 g/mol. The highest BCUT2D eigenvalue weighted by atomic mass is 19.4. The second-order valence-corrected chi connectivity index (χ2v) is 8.04. The second kappa shape index (κ2) is 11.9. The van der Waals surface area contributed by atoms with E-state index in [2.05, 4.69) is 27.2 Å². The Kier molecular flexibility index (Phi) is 8.94. The van der Waals surface area contributed by atoms with E-state index in [0.717, 1.165) is 0 Å². The van der Waals surface area contributed by atoms with Gasteiger partial charge >= 0.3 is 6.36 Å². The first kappa shape index (κ1) is 27.0. The van der Waals surface area contributed by atoms with Crippen LogP contribution in [0.5, 0.6) is 11.5 Å². The molecule has 8 nitrogen and oxygen atoms in total. The van der Waals surface area contributed by atoms with Gasteiger partial charge in [0.2, 0.25) is 5.90 Å². The largest absolute Gasteiger partial charge is 0.573 e. The number of nitrogens with one attached hydrogen (secondary N) is 2. The average Bonchev–Trinajstić information content (AvgIpc) is 3.17. The first-order chi connectivity index (χ1) is 17.2. The first-order valence-corrected chi connectivity index (χ1v) is 11.3. The van der Waals surface area contributed by atoms with E-state index >= 15 is 0 Å². The van der Waals surface area contributed by atoms with Crippen LogP contribution in [0.25, 0.3) is 0 Å². The molecule has 0 saturated carbocycles. The number of nitrogens with zero attached hydrogens (tertiary/aromatic N) is 1. The van der Waals surface area contributed by atoms with Crippen molar-refractivity contribution in [1.29, 1.82) is 0 Å². The fraction of sp³-hybridized carbons (Fsp3) is 0.360. The van der Waals surface area contributed by atoms with Crippen LogP contribution in [0.4, 0.5) is 13.2 Å². The van der Waals surface area contributed by atoms with Crippen LogP contribution in [-0.2, 0) is 16.1 Å². The fourth-order valence-electron chi connectivity index (χ4n) is 3.55. The Labute approximate surface area is 206 Å². The average molecular weight is 508 g/mol. The van der Waals surface area contributed by atoms with E-state index in [1.54, 1.807) is 37.3 Å². The van der Waals surface area contributed by atoms with Gasteiger partial charge < -0.3 is 19.3 Å². The molecule has 1 heterocycles. The molecule has 1 aliphatic heterocycles. The molecule has 0 radical (unpaired) electrons. The molecular formula is C25H28F3N3O5. The third-order valence-corrected chi connectivity index (χ3v) is 5.43. The first-order valence-electron chi connectivity index (χ1n) is 11.3.